The van der Waals surface area contributed by atoms with Crippen LogP contribution in [-0.4, -0.2) is 34.9 Å². The fourth-order valence-corrected chi connectivity index (χ4v) is 4.69. The first kappa shape index (κ1) is 33.4. The van der Waals surface area contributed by atoms with Gasteiger partial charge in [0.05, 0.1) is 18.8 Å². The number of rotatable bonds is 27. The average Bonchev–Trinajstić information content (AvgIpc) is 2.84. The topological polar surface area (TPSA) is 69.6 Å². The fraction of sp³-hybridized carbons (Fsp3) is 0.967. The van der Waals surface area contributed by atoms with Gasteiger partial charge < -0.3 is 15.5 Å². The zero-order valence-corrected chi connectivity index (χ0v) is 23.1. The van der Waals surface area contributed by atoms with Crippen LogP contribution >= 0.6 is 0 Å². The van der Waals surface area contributed by atoms with Crippen molar-refractivity contribution in [2.24, 2.45) is 0 Å². The quantitative estimate of drug-likeness (QED) is 0.103. The molecule has 0 aromatic carbocycles. The van der Waals surface area contributed by atoms with Gasteiger partial charge in [-0.3, -0.25) is 4.79 Å². The van der Waals surface area contributed by atoms with E-state index in [4.69, 9.17) is 0 Å². The van der Waals surface area contributed by atoms with Crippen LogP contribution in [0.25, 0.3) is 0 Å². The van der Waals surface area contributed by atoms with E-state index in [0.29, 0.717) is 12.8 Å². The number of hydrogen-bond acceptors (Lipinski definition) is 3. The minimum absolute atomic E-state index is 0.0663. The molecule has 0 spiro atoms. The molecule has 0 fully saturated rings. The van der Waals surface area contributed by atoms with Crippen LogP contribution in [0.2, 0.25) is 0 Å². The van der Waals surface area contributed by atoms with Crippen molar-refractivity contribution < 1.29 is 15.0 Å². The van der Waals surface area contributed by atoms with E-state index in [1.807, 2.05) is 6.92 Å². The highest BCUT2D eigenvalue weighted by atomic mass is 16.3. The van der Waals surface area contributed by atoms with Crippen molar-refractivity contribution >= 4 is 5.91 Å². The Kier molecular flexibility index (Phi) is 26.5. The van der Waals surface area contributed by atoms with Crippen LogP contribution in [0.1, 0.15) is 168 Å². The molecule has 0 saturated carbocycles. The van der Waals surface area contributed by atoms with E-state index in [2.05, 4.69) is 12.2 Å². The van der Waals surface area contributed by atoms with Gasteiger partial charge in [0, 0.05) is 6.42 Å². The number of amides is 1. The van der Waals surface area contributed by atoms with Crippen molar-refractivity contribution in [3.8, 4) is 0 Å². The molecule has 1 amide bonds. The van der Waals surface area contributed by atoms with Crippen LogP contribution in [0.5, 0.6) is 0 Å². The van der Waals surface area contributed by atoms with E-state index in [-0.39, 0.29) is 12.5 Å². The highest BCUT2D eigenvalue weighted by Gasteiger charge is 2.19. The van der Waals surface area contributed by atoms with Crippen molar-refractivity contribution in [3.05, 3.63) is 0 Å². The molecule has 0 aromatic rings. The first-order chi connectivity index (χ1) is 16.7. The Morgan fingerprint density at radius 3 is 1.29 bits per heavy atom. The molecule has 2 atom stereocenters. The number of nitrogens with one attached hydrogen (secondary N) is 1. The van der Waals surface area contributed by atoms with Gasteiger partial charge in [-0.2, -0.15) is 0 Å². The molecular weight excluding hydrogens is 422 g/mol. The zero-order valence-electron chi connectivity index (χ0n) is 23.1. The van der Waals surface area contributed by atoms with Gasteiger partial charge in [-0.05, 0) is 12.8 Å². The Labute approximate surface area is 213 Å². The lowest BCUT2D eigenvalue weighted by atomic mass is 10.0. The molecule has 34 heavy (non-hydrogen) atoms. The summed E-state index contributed by atoms with van der Waals surface area (Å²) in [5.41, 5.74) is 0. The highest BCUT2D eigenvalue weighted by Crippen LogP contribution is 2.15. The maximum atomic E-state index is 11.8. The Morgan fingerprint density at radius 1 is 0.588 bits per heavy atom. The summed E-state index contributed by atoms with van der Waals surface area (Å²) in [5, 5.41) is 22.5. The minimum Gasteiger partial charge on any atom is -0.394 e. The van der Waals surface area contributed by atoms with Gasteiger partial charge in [0.25, 0.3) is 0 Å². The summed E-state index contributed by atoms with van der Waals surface area (Å²) in [6, 6.07) is -0.523. The number of unbranched alkanes of at least 4 members (excludes halogenated alkanes) is 20. The summed E-state index contributed by atoms with van der Waals surface area (Å²) in [5.74, 6) is -0.0663. The molecule has 0 aromatic heterocycles. The van der Waals surface area contributed by atoms with Crippen LogP contribution in [0.3, 0.4) is 0 Å². The molecule has 0 bridgehead atoms. The third-order valence-electron chi connectivity index (χ3n) is 7.12. The third-order valence-corrected chi connectivity index (χ3v) is 7.12. The lowest BCUT2D eigenvalue weighted by Gasteiger charge is -2.22. The number of carbonyl (C=O) groups excluding carboxylic acids is 1. The lowest BCUT2D eigenvalue weighted by Crippen LogP contribution is -2.45. The molecule has 3 N–H and O–H groups in total. The number of aliphatic hydroxyl groups is 2. The average molecular weight is 484 g/mol. The molecule has 0 saturated heterocycles. The largest absolute Gasteiger partial charge is 0.394 e. The number of hydrogen-bond donors (Lipinski definition) is 3. The van der Waals surface area contributed by atoms with Crippen molar-refractivity contribution in [1.82, 2.24) is 5.32 Å². The number of aliphatic hydroxyl groups excluding tert-OH is 2. The maximum absolute atomic E-state index is 11.8. The van der Waals surface area contributed by atoms with E-state index in [1.165, 1.54) is 116 Å². The van der Waals surface area contributed by atoms with Crippen molar-refractivity contribution in [2.75, 3.05) is 6.61 Å². The van der Waals surface area contributed by atoms with E-state index < -0.39 is 12.1 Å². The summed E-state index contributed by atoms with van der Waals surface area (Å²) in [7, 11) is 0. The van der Waals surface area contributed by atoms with E-state index >= 15 is 0 Å². The Bertz CT molecular complexity index is 416. The van der Waals surface area contributed by atoms with Crippen molar-refractivity contribution in [3.63, 3.8) is 0 Å². The minimum atomic E-state index is -0.647. The lowest BCUT2D eigenvalue weighted by molar-refractivity contribution is -0.123. The molecule has 2 unspecified atom stereocenters. The summed E-state index contributed by atoms with van der Waals surface area (Å²) in [6.45, 7) is 4.14. The van der Waals surface area contributed by atoms with Gasteiger partial charge in [0.15, 0.2) is 0 Å². The smallest absolute Gasteiger partial charge is 0.220 e. The van der Waals surface area contributed by atoms with Crippen LogP contribution in [0, 0.1) is 0 Å². The van der Waals surface area contributed by atoms with Crippen LogP contribution < -0.4 is 5.32 Å². The summed E-state index contributed by atoms with van der Waals surface area (Å²) >= 11 is 0. The number of carbonyl (C=O) groups is 1. The van der Waals surface area contributed by atoms with Gasteiger partial charge in [0.1, 0.15) is 0 Å². The van der Waals surface area contributed by atoms with Gasteiger partial charge in [-0.1, -0.05) is 149 Å². The first-order valence-corrected chi connectivity index (χ1v) is 15.2. The molecule has 0 aliphatic heterocycles. The maximum Gasteiger partial charge on any atom is 0.220 e. The highest BCUT2D eigenvalue weighted by molar-refractivity contribution is 5.76. The summed E-state index contributed by atoms with van der Waals surface area (Å²) in [4.78, 5) is 11.8. The van der Waals surface area contributed by atoms with Gasteiger partial charge in [-0.25, -0.2) is 0 Å². The molecule has 0 aliphatic rings. The van der Waals surface area contributed by atoms with E-state index in [1.54, 1.807) is 0 Å². The predicted molar refractivity (Wildman–Crippen MR) is 147 cm³/mol. The Hall–Kier alpha value is -0.610. The SMILES string of the molecule is CCCCCCCCCCCCCCCCCCCCCCC(O)C(CO)NC(=O)CCCC. The standard InChI is InChI=1S/C30H61NO3/c1-3-5-7-8-9-10-11-12-13-14-15-16-17-18-19-20-21-22-23-24-25-29(33)28(27-32)31-30(34)26-6-4-2/h28-29,32-33H,3-27H2,1-2H3,(H,31,34). The molecule has 204 valence electrons. The Balaban J connectivity index is 3.34. The van der Waals surface area contributed by atoms with Gasteiger partial charge in [0.2, 0.25) is 5.91 Å². The van der Waals surface area contributed by atoms with Crippen molar-refractivity contribution in [2.45, 2.75) is 180 Å². The summed E-state index contributed by atoms with van der Waals surface area (Å²) in [6.07, 6.45) is 29.5. The molecule has 0 rings (SSSR count). The molecule has 4 nitrogen and oxygen atoms in total. The zero-order chi connectivity index (χ0) is 25.1. The monoisotopic (exact) mass is 483 g/mol. The molecular formula is C30H61NO3. The second-order valence-corrected chi connectivity index (χ2v) is 10.5. The van der Waals surface area contributed by atoms with Crippen LogP contribution in [-0.2, 0) is 4.79 Å². The van der Waals surface area contributed by atoms with Crippen LogP contribution in [0.4, 0.5) is 0 Å². The van der Waals surface area contributed by atoms with E-state index in [9.17, 15) is 15.0 Å². The molecule has 4 heteroatoms. The second-order valence-electron chi connectivity index (χ2n) is 10.5. The van der Waals surface area contributed by atoms with Crippen LogP contribution in [0.15, 0.2) is 0 Å². The van der Waals surface area contributed by atoms with Gasteiger partial charge in [-0.15, -0.1) is 0 Å². The second kappa shape index (κ2) is 27.0. The summed E-state index contributed by atoms with van der Waals surface area (Å²) < 4.78 is 0. The molecule has 0 aliphatic carbocycles. The van der Waals surface area contributed by atoms with Crippen molar-refractivity contribution in [1.29, 1.82) is 0 Å². The normalized spacial score (nSPS) is 13.2. The Morgan fingerprint density at radius 2 is 0.941 bits per heavy atom. The molecule has 0 heterocycles. The van der Waals surface area contributed by atoms with Gasteiger partial charge >= 0.3 is 0 Å². The fourth-order valence-electron chi connectivity index (χ4n) is 4.69. The first-order valence-electron chi connectivity index (χ1n) is 15.2. The van der Waals surface area contributed by atoms with E-state index in [0.717, 1.165) is 25.7 Å². The molecule has 0 radical (unpaired) electrons. The predicted octanol–water partition coefficient (Wildman–Crippen LogP) is 8.23. The third kappa shape index (κ3) is 23.1.